The Kier molecular flexibility index (Phi) is 6.70. The smallest absolute Gasteiger partial charge is 0.271 e. The van der Waals surface area contributed by atoms with Gasteiger partial charge in [-0.15, -0.1) is 0 Å². The predicted molar refractivity (Wildman–Crippen MR) is 136 cm³/mol. The van der Waals surface area contributed by atoms with Gasteiger partial charge in [-0.25, -0.2) is 5.43 Å². The van der Waals surface area contributed by atoms with Crippen LogP contribution in [-0.2, 0) is 11.3 Å². The molecule has 0 saturated heterocycles. The van der Waals surface area contributed by atoms with Crippen LogP contribution < -0.4 is 10.7 Å². The van der Waals surface area contributed by atoms with Crippen molar-refractivity contribution >= 4 is 50.5 Å². The number of benzene rings is 3. The number of amides is 2. The van der Waals surface area contributed by atoms with E-state index < -0.39 is 0 Å². The summed E-state index contributed by atoms with van der Waals surface area (Å²) in [5.74, 6) is -0.483. The van der Waals surface area contributed by atoms with Crippen molar-refractivity contribution in [3.05, 3.63) is 99.7 Å². The number of nitrogens with zero attached hydrogens (tertiary/aromatic N) is 2. The summed E-state index contributed by atoms with van der Waals surface area (Å²) in [5, 5.41) is 7.97. The van der Waals surface area contributed by atoms with E-state index in [1.54, 1.807) is 30.5 Å². The summed E-state index contributed by atoms with van der Waals surface area (Å²) in [6.07, 6.45) is 1.69. The maximum atomic E-state index is 12.5. The zero-order valence-electron chi connectivity index (χ0n) is 18.3. The lowest BCUT2D eigenvalue weighted by molar-refractivity contribution is -0.114. The van der Waals surface area contributed by atoms with Gasteiger partial charge in [0.05, 0.1) is 6.21 Å². The third-order valence-corrected chi connectivity index (χ3v) is 5.89. The standard InChI is InChI=1S/C26H23BrN4O2/c1-17-24(15-28-30-26(33)20-9-13-22(14-10-20)29-18(2)32)23-5-3-4-6-25(23)31(17)16-19-7-11-21(27)12-8-19/h3-15H,16H2,1-2H3,(H,29,32)(H,30,33)/b28-15-. The quantitative estimate of drug-likeness (QED) is 0.270. The van der Waals surface area contributed by atoms with Crippen LogP contribution in [0.3, 0.4) is 0 Å². The molecular formula is C26H23BrN4O2. The zero-order chi connectivity index (χ0) is 23.4. The summed E-state index contributed by atoms with van der Waals surface area (Å²) in [5.41, 5.74) is 8.02. The first-order chi connectivity index (χ1) is 15.9. The fourth-order valence-electron chi connectivity index (χ4n) is 3.73. The molecule has 4 aromatic rings. The van der Waals surface area contributed by atoms with Gasteiger partial charge in [-0.3, -0.25) is 9.59 Å². The van der Waals surface area contributed by atoms with Crippen LogP contribution in [0.25, 0.3) is 10.9 Å². The first kappa shape index (κ1) is 22.5. The van der Waals surface area contributed by atoms with Gasteiger partial charge in [0.1, 0.15) is 0 Å². The van der Waals surface area contributed by atoms with Crippen molar-refractivity contribution in [3.8, 4) is 0 Å². The molecule has 0 radical (unpaired) electrons. The van der Waals surface area contributed by atoms with Crippen molar-refractivity contribution in [2.75, 3.05) is 5.32 Å². The van der Waals surface area contributed by atoms with Gasteiger partial charge in [-0.1, -0.05) is 46.3 Å². The first-order valence-corrected chi connectivity index (χ1v) is 11.2. The lowest BCUT2D eigenvalue weighted by Crippen LogP contribution is -2.17. The minimum absolute atomic E-state index is 0.161. The summed E-state index contributed by atoms with van der Waals surface area (Å²) in [6.45, 7) is 4.23. The van der Waals surface area contributed by atoms with Crippen LogP contribution in [0, 0.1) is 6.92 Å². The van der Waals surface area contributed by atoms with Crippen LogP contribution in [0.4, 0.5) is 5.69 Å². The van der Waals surface area contributed by atoms with E-state index >= 15 is 0 Å². The highest BCUT2D eigenvalue weighted by atomic mass is 79.9. The first-order valence-electron chi connectivity index (χ1n) is 10.5. The topological polar surface area (TPSA) is 75.5 Å². The average molecular weight is 503 g/mol. The molecule has 4 rings (SSSR count). The fraction of sp³-hybridized carbons (Fsp3) is 0.115. The molecule has 0 fully saturated rings. The second kappa shape index (κ2) is 9.83. The predicted octanol–water partition coefficient (Wildman–Crippen LogP) is 5.48. The van der Waals surface area contributed by atoms with E-state index in [0.717, 1.165) is 33.2 Å². The van der Waals surface area contributed by atoms with E-state index in [4.69, 9.17) is 0 Å². The number of rotatable bonds is 6. The lowest BCUT2D eigenvalue weighted by atomic mass is 10.1. The highest BCUT2D eigenvalue weighted by molar-refractivity contribution is 9.10. The summed E-state index contributed by atoms with van der Waals surface area (Å²) < 4.78 is 3.30. The third kappa shape index (κ3) is 5.21. The molecule has 0 unspecified atom stereocenters. The summed E-state index contributed by atoms with van der Waals surface area (Å²) in [7, 11) is 0. The molecular weight excluding hydrogens is 480 g/mol. The molecule has 0 aliphatic carbocycles. The second-order valence-electron chi connectivity index (χ2n) is 7.69. The number of hydrogen-bond donors (Lipinski definition) is 2. The molecule has 6 nitrogen and oxygen atoms in total. The van der Waals surface area contributed by atoms with Gasteiger partial charge in [-0.2, -0.15) is 5.10 Å². The van der Waals surface area contributed by atoms with E-state index in [-0.39, 0.29) is 11.8 Å². The van der Waals surface area contributed by atoms with Crippen molar-refractivity contribution in [1.82, 2.24) is 9.99 Å². The van der Waals surface area contributed by atoms with Gasteiger partial charge in [-0.05, 0) is 55.0 Å². The molecule has 0 spiro atoms. The summed E-state index contributed by atoms with van der Waals surface area (Å²) in [4.78, 5) is 23.6. The molecule has 33 heavy (non-hydrogen) atoms. The minimum Gasteiger partial charge on any atom is -0.340 e. The molecule has 1 aromatic heterocycles. The summed E-state index contributed by atoms with van der Waals surface area (Å²) in [6, 6.07) is 23.1. The molecule has 0 saturated carbocycles. The Balaban J connectivity index is 1.54. The van der Waals surface area contributed by atoms with Gasteiger partial charge in [0, 0.05) is 51.4 Å². The maximum absolute atomic E-state index is 12.5. The maximum Gasteiger partial charge on any atom is 0.271 e. The third-order valence-electron chi connectivity index (χ3n) is 5.36. The number of para-hydroxylation sites is 1. The molecule has 1 heterocycles. The van der Waals surface area contributed by atoms with E-state index in [1.165, 1.54) is 12.5 Å². The summed E-state index contributed by atoms with van der Waals surface area (Å²) >= 11 is 3.48. The van der Waals surface area contributed by atoms with Crippen LogP contribution in [-0.4, -0.2) is 22.6 Å². The van der Waals surface area contributed by atoms with Crippen LogP contribution in [0.2, 0.25) is 0 Å². The van der Waals surface area contributed by atoms with E-state index in [9.17, 15) is 9.59 Å². The Morgan fingerprint density at radius 2 is 1.70 bits per heavy atom. The number of nitrogens with one attached hydrogen (secondary N) is 2. The Labute approximate surface area is 200 Å². The highest BCUT2D eigenvalue weighted by Gasteiger charge is 2.13. The van der Waals surface area contributed by atoms with Gasteiger partial charge >= 0.3 is 0 Å². The van der Waals surface area contributed by atoms with Crippen molar-refractivity contribution < 1.29 is 9.59 Å². The van der Waals surface area contributed by atoms with E-state index in [0.29, 0.717) is 11.3 Å². The van der Waals surface area contributed by atoms with Gasteiger partial charge in [0.2, 0.25) is 5.91 Å². The molecule has 0 aliphatic heterocycles. The lowest BCUT2D eigenvalue weighted by Gasteiger charge is -2.09. The second-order valence-corrected chi connectivity index (χ2v) is 8.60. The van der Waals surface area contributed by atoms with Crippen LogP contribution in [0.1, 0.15) is 34.1 Å². The Bertz CT molecular complexity index is 1340. The van der Waals surface area contributed by atoms with E-state index in [1.807, 2.05) is 24.3 Å². The molecule has 0 atom stereocenters. The number of hydrazone groups is 1. The van der Waals surface area contributed by atoms with Crippen LogP contribution in [0.15, 0.2) is 82.4 Å². The number of aromatic nitrogens is 1. The monoisotopic (exact) mass is 502 g/mol. The van der Waals surface area contributed by atoms with Gasteiger partial charge < -0.3 is 9.88 Å². The number of carbonyl (C=O) groups is 2. The van der Waals surface area contributed by atoms with Crippen molar-refractivity contribution in [2.24, 2.45) is 5.10 Å². The molecule has 7 heteroatoms. The normalized spacial score (nSPS) is 11.1. The van der Waals surface area contributed by atoms with E-state index in [2.05, 4.69) is 67.5 Å². The molecule has 2 N–H and O–H groups in total. The molecule has 2 amide bonds. The molecule has 0 bridgehead atoms. The zero-order valence-corrected chi connectivity index (χ0v) is 19.9. The largest absolute Gasteiger partial charge is 0.340 e. The number of halogens is 1. The average Bonchev–Trinajstić information content (AvgIpc) is 3.06. The number of carbonyl (C=O) groups excluding carboxylic acids is 2. The Morgan fingerprint density at radius 1 is 1.00 bits per heavy atom. The Morgan fingerprint density at radius 3 is 2.39 bits per heavy atom. The number of fused-ring (bicyclic) bond motifs is 1. The van der Waals surface area contributed by atoms with Crippen LogP contribution >= 0.6 is 15.9 Å². The number of anilines is 1. The minimum atomic E-state index is -0.322. The van der Waals surface area contributed by atoms with Crippen molar-refractivity contribution in [1.29, 1.82) is 0 Å². The highest BCUT2D eigenvalue weighted by Crippen LogP contribution is 2.26. The SMILES string of the molecule is CC(=O)Nc1ccc(C(=O)N/N=C\c2c(C)n(Cc3ccc(Br)cc3)c3ccccc23)cc1. The number of hydrogen-bond acceptors (Lipinski definition) is 3. The molecule has 3 aromatic carbocycles. The molecule has 0 aliphatic rings. The van der Waals surface area contributed by atoms with Gasteiger partial charge in [0.15, 0.2) is 0 Å². The Hall–Kier alpha value is -3.71. The fourth-order valence-corrected chi connectivity index (χ4v) is 3.99. The van der Waals surface area contributed by atoms with Gasteiger partial charge in [0.25, 0.3) is 5.91 Å². The van der Waals surface area contributed by atoms with Crippen LogP contribution in [0.5, 0.6) is 0 Å². The van der Waals surface area contributed by atoms with Crippen molar-refractivity contribution in [2.45, 2.75) is 20.4 Å². The van der Waals surface area contributed by atoms with Crippen molar-refractivity contribution in [3.63, 3.8) is 0 Å². The molecule has 166 valence electrons.